The first kappa shape index (κ1) is 12.2. The third-order valence-electron chi connectivity index (χ3n) is 2.39. The minimum absolute atomic E-state index is 0.726. The van der Waals surface area contributed by atoms with Gasteiger partial charge in [-0.3, -0.25) is 4.79 Å². The average Bonchev–Trinajstić information content (AvgIpc) is 2.38. The van der Waals surface area contributed by atoms with Crippen molar-refractivity contribution in [3.63, 3.8) is 0 Å². The van der Waals surface area contributed by atoms with Gasteiger partial charge in [0.1, 0.15) is 0 Å². The van der Waals surface area contributed by atoms with E-state index in [1.807, 2.05) is 48.5 Å². The summed E-state index contributed by atoms with van der Waals surface area (Å²) in [5, 5.41) is 0.767. The van der Waals surface area contributed by atoms with Crippen LogP contribution in [-0.2, 0) is 5.75 Å². The highest BCUT2D eigenvalue weighted by molar-refractivity contribution is 7.98. The third-order valence-corrected chi connectivity index (χ3v) is 3.89. The highest BCUT2D eigenvalue weighted by Crippen LogP contribution is 2.28. The van der Waals surface area contributed by atoms with Gasteiger partial charge in [0, 0.05) is 21.2 Å². The fraction of sp³-hybridized carbons (Fsp3) is 0.0714. The molecule has 17 heavy (non-hydrogen) atoms. The normalized spacial score (nSPS) is 10.2. The molecule has 0 saturated carbocycles. The highest BCUT2D eigenvalue weighted by Gasteiger charge is 2.03. The van der Waals surface area contributed by atoms with Crippen LogP contribution in [0.4, 0.5) is 0 Å². The second-order valence-electron chi connectivity index (χ2n) is 3.54. The monoisotopic (exact) mass is 262 g/mol. The van der Waals surface area contributed by atoms with E-state index in [2.05, 4.69) is 0 Å². The molecule has 3 heteroatoms. The van der Waals surface area contributed by atoms with Gasteiger partial charge in [0.2, 0.25) is 0 Å². The van der Waals surface area contributed by atoms with Crippen molar-refractivity contribution < 1.29 is 4.79 Å². The molecule has 0 aromatic heterocycles. The Morgan fingerprint density at radius 2 is 1.76 bits per heavy atom. The van der Waals surface area contributed by atoms with Crippen molar-refractivity contribution in [1.82, 2.24) is 0 Å². The Bertz CT molecular complexity index is 525. The lowest BCUT2D eigenvalue weighted by Gasteiger charge is -2.05. The molecule has 0 aliphatic heterocycles. The van der Waals surface area contributed by atoms with Crippen LogP contribution in [-0.4, -0.2) is 6.29 Å². The minimum atomic E-state index is 0.726. The van der Waals surface area contributed by atoms with E-state index in [0.29, 0.717) is 0 Å². The Kier molecular flexibility index (Phi) is 4.24. The smallest absolute Gasteiger partial charge is 0.151 e. The molecule has 2 rings (SSSR count). The molecular weight excluding hydrogens is 252 g/mol. The summed E-state index contributed by atoms with van der Waals surface area (Å²) in [7, 11) is 0. The largest absolute Gasteiger partial charge is 0.298 e. The molecule has 0 spiro atoms. The molecule has 0 aliphatic rings. The molecule has 0 saturated heterocycles. The Hall–Kier alpha value is -1.25. The van der Waals surface area contributed by atoms with Crippen LogP contribution in [0.2, 0.25) is 5.02 Å². The van der Waals surface area contributed by atoms with Crippen molar-refractivity contribution in [2.45, 2.75) is 10.6 Å². The number of hydrogen-bond acceptors (Lipinski definition) is 2. The van der Waals surface area contributed by atoms with E-state index in [1.165, 1.54) is 0 Å². The van der Waals surface area contributed by atoms with Gasteiger partial charge in [-0.1, -0.05) is 48.0 Å². The van der Waals surface area contributed by atoms with Gasteiger partial charge in [0.05, 0.1) is 0 Å². The van der Waals surface area contributed by atoms with Crippen LogP contribution in [0.1, 0.15) is 15.9 Å². The average molecular weight is 263 g/mol. The first-order chi connectivity index (χ1) is 8.31. The number of aldehydes is 1. The third kappa shape index (κ3) is 3.11. The lowest BCUT2D eigenvalue weighted by molar-refractivity contribution is 0.112. The van der Waals surface area contributed by atoms with Crippen LogP contribution in [0.25, 0.3) is 0 Å². The Morgan fingerprint density at radius 1 is 1.06 bits per heavy atom. The Balaban J connectivity index is 2.13. The summed E-state index contributed by atoms with van der Waals surface area (Å²) in [6.07, 6.45) is 0.884. The summed E-state index contributed by atoms with van der Waals surface area (Å²) in [6, 6.07) is 15.3. The van der Waals surface area contributed by atoms with Crippen LogP contribution >= 0.6 is 23.4 Å². The molecule has 86 valence electrons. The van der Waals surface area contributed by atoms with Crippen LogP contribution in [0.5, 0.6) is 0 Å². The Morgan fingerprint density at radius 3 is 2.53 bits per heavy atom. The molecule has 0 aliphatic carbocycles. The summed E-state index contributed by atoms with van der Waals surface area (Å²) in [5.41, 5.74) is 1.81. The molecule has 0 radical (unpaired) electrons. The molecule has 0 fully saturated rings. The maximum absolute atomic E-state index is 10.9. The van der Waals surface area contributed by atoms with Gasteiger partial charge < -0.3 is 0 Å². The topological polar surface area (TPSA) is 17.1 Å². The van der Waals surface area contributed by atoms with Crippen LogP contribution in [0.3, 0.4) is 0 Å². The summed E-state index contributed by atoms with van der Waals surface area (Å²) in [6.45, 7) is 0. The summed E-state index contributed by atoms with van der Waals surface area (Å²) >= 11 is 7.70. The van der Waals surface area contributed by atoms with Crippen molar-refractivity contribution in [2.24, 2.45) is 0 Å². The number of hydrogen-bond donors (Lipinski definition) is 0. The van der Waals surface area contributed by atoms with Crippen molar-refractivity contribution in [3.8, 4) is 0 Å². The van der Waals surface area contributed by atoms with Crippen molar-refractivity contribution in [2.75, 3.05) is 0 Å². The van der Waals surface area contributed by atoms with Gasteiger partial charge in [0.15, 0.2) is 6.29 Å². The highest BCUT2D eigenvalue weighted by atomic mass is 35.5. The number of carbonyl (C=O) groups excluding carboxylic acids is 1. The number of benzene rings is 2. The fourth-order valence-electron chi connectivity index (χ4n) is 1.48. The number of carbonyl (C=O) groups is 1. The molecule has 0 N–H and O–H groups in total. The second-order valence-corrected chi connectivity index (χ2v) is 4.96. The van der Waals surface area contributed by atoms with Gasteiger partial charge in [-0.25, -0.2) is 0 Å². The molecule has 1 nitrogen and oxygen atoms in total. The van der Waals surface area contributed by atoms with Gasteiger partial charge in [0.25, 0.3) is 0 Å². The standard InChI is InChI=1S/C14H11ClOS/c15-13-7-3-1-6-12(13)10-17-14-8-4-2-5-11(14)9-16/h1-9H,10H2. The van der Waals surface area contributed by atoms with Crippen LogP contribution in [0, 0.1) is 0 Å². The zero-order valence-corrected chi connectivity index (χ0v) is 10.7. The SMILES string of the molecule is O=Cc1ccccc1SCc1ccccc1Cl. The molecule has 0 unspecified atom stereocenters. The van der Waals surface area contributed by atoms with Crippen LogP contribution < -0.4 is 0 Å². The van der Waals surface area contributed by atoms with E-state index in [-0.39, 0.29) is 0 Å². The van der Waals surface area contributed by atoms with Crippen molar-refractivity contribution >= 4 is 29.6 Å². The summed E-state index contributed by atoms with van der Waals surface area (Å²) in [5.74, 6) is 0.768. The number of thioether (sulfide) groups is 1. The van der Waals surface area contributed by atoms with E-state index in [4.69, 9.17) is 11.6 Å². The van der Waals surface area contributed by atoms with Gasteiger partial charge >= 0.3 is 0 Å². The lowest BCUT2D eigenvalue weighted by atomic mass is 10.2. The van der Waals surface area contributed by atoms with E-state index in [9.17, 15) is 4.79 Å². The summed E-state index contributed by atoms with van der Waals surface area (Å²) in [4.78, 5) is 11.9. The molecule has 0 heterocycles. The van der Waals surface area contributed by atoms with E-state index >= 15 is 0 Å². The van der Waals surface area contributed by atoms with E-state index in [0.717, 1.165) is 33.1 Å². The predicted octanol–water partition coefficient (Wildman–Crippen LogP) is 4.44. The molecule has 0 amide bonds. The van der Waals surface area contributed by atoms with Crippen LogP contribution in [0.15, 0.2) is 53.4 Å². The van der Waals surface area contributed by atoms with Gasteiger partial charge in [-0.15, -0.1) is 11.8 Å². The number of halogens is 1. The first-order valence-corrected chi connectivity index (χ1v) is 6.58. The first-order valence-electron chi connectivity index (χ1n) is 5.21. The zero-order valence-electron chi connectivity index (χ0n) is 9.10. The van der Waals surface area contributed by atoms with E-state index in [1.54, 1.807) is 11.8 Å². The van der Waals surface area contributed by atoms with Gasteiger partial charge in [-0.2, -0.15) is 0 Å². The lowest BCUT2D eigenvalue weighted by Crippen LogP contribution is -1.86. The zero-order chi connectivity index (χ0) is 12.1. The maximum Gasteiger partial charge on any atom is 0.151 e. The second kappa shape index (κ2) is 5.89. The van der Waals surface area contributed by atoms with Crippen molar-refractivity contribution in [1.29, 1.82) is 0 Å². The molecule has 0 atom stereocenters. The molecule has 2 aromatic rings. The Labute approximate surface area is 110 Å². The minimum Gasteiger partial charge on any atom is -0.298 e. The number of rotatable bonds is 4. The molecule has 0 bridgehead atoms. The summed E-state index contributed by atoms with van der Waals surface area (Å²) < 4.78 is 0. The van der Waals surface area contributed by atoms with Crippen molar-refractivity contribution in [3.05, 3.63) is 64.7 Å². The molecule has 2 aromatic carbocycles. The van der Waals surface area contributed by atoms with Gasteiger partial charge in [-0.05, 0) is 17.7 Å². The fourth-order valence-corrected chi connectivity index (χ4v) is 2.78. The quantitative estimate of drug-likeness (QED) is 0.598. The maximum atomic E-state index is 10.9. The molecular formula is C14H11ClOS. The van der Waals surface area contributed by atoms with E-state index < -0.39 is 0 Å². The predicted molar refractivity (Wildman–Crippen MR) is 72.8 cm³/mol.